The highest BCUT2D eigenvalue weighted by molar-refractivity contribution is 7.10. The molecule has 7 heteroatoms. The lowest BCUT2D eigenvalue weighted by atomic mass is 10.1. The fraction of sp³-hybridized carbons (Fsp3) is 0.312. The Morgan fingerprint density at radius 1 is 1.26 bits per heavy atom. The van der Waals surface area contributed by atoms with Crippen LogP contribution >= 0.6 is 11.3 Å². The Kier molecular flexibility index (Phi) is 5.30. The molecule has 1 aromatic heterocycles. The molecule has 0 unspecified atom stereocenters. The summed E-state index contributed by atoms with van der Waals surface area (Å²) in [5.74, 6) is 0. The Bertz CT molecular complexity index is 682. The lowest BCUT2D eigenvalue weighted by molar-refractivity contribution is -0.138. The Balaban J connectivity index is 2.00. The molecular formula is C16H17F3N2OS. The predicted molar refractivity (Wildman–Crippen MR) is 84.2 cm³/mol. The van der Waals surface area contributed by atoms with Crippen molar-refractivity contribution in [3.05, 3.63) is 57.3 Å². The number of aryl methyl sites for hydroxylation is 1. The molecule has 2 rings (SSSR count). The number of hydrogen-bond donors (Lipinski definition) is 1. The topological polar surface area (TPSA) is 32.3 Å². The van der Waals surface area contributed by atoms with Crippen molar-refractivity contribution >= 4 is 17.4 Å². The van der Waals surface area contributed by atoms with Crippen LogP contribution in [0.1, 0.15) is 21.6 Å². The Labute approximate surface area is 136 Å². The fourth-order valence-electron chi connectivity index (χ4n) is 2.14. The van der Waals surface area contributed by atoms with E-state index in [1.807, 2.05) is 18.4 Å². The molecule has 1 aromatic carbocycles. The largest absolute Gasteiger partial charge is 0.416 e. The summed E-state index contributed by atoms with van der Waals surface area (Å²) in [6.07, 6.45) is -4.43. The molecule has 23 heavy (non-hydrogen) atoms. The Morgan fingerprint density at radius 2 is 1.96 bits per heavy atom. The van der Waals surface area contributed by atoms with E-state index in [1.54, 1.807) is 0 Å². The maximum atomic E-state index is 13.0. The summed E-state index contributed by atoms with van der Waals surface area (Å²) >= 11 is 1.53. The van der Waals surface area contributed by atoms with Gasteiger partial charge in [-0.1, -0.05) is 18.2 Å². The number of nitrogens with one attached hydrogen (secondary N) is 1. The number of carbonyl (C=O) groups excluding carboxylic acids is 1. The summed E-state index contributed by atoms with van der Waals surface area (Å²) in [6.45, 7) is 2.21. The second kappa shape index (κ2) is 7.04. The molecular weight excluding hydrogens is 325 g/mol. The number of nitrogens with zero attached hydrogens (tertiary/aromatic N) is 1. The van der Waals surface area contributed by atoms with Crippen molar-refractivity contribution in [2.75, 3.05) is 7.05 Å². The average Bonchev–Trinajstić information content (AvgIpc) is 2.89. The van der Waals surface area contributed by atoms with Crippen LogP contribution in [0.4, 0.5) is 18.0 Å². The van der Waals surface area contributed by atoms with E-state index in [4.69, 9.17) is 0 Å². The van der Waals surface area contributed by atoms with Crippen LogP contribution in [-0.4, -0.2) is 18.0 Å². The van der Waals surface area contributed by atoms with E-state index < -0.39 is 17.8 Å². The first-order valence-electron chi connectivity index (χ1n) is 6.96. The van der Waals surface area contributed by atoms with E-state index in [1.165, 1.54) is 41.5 Å². The molecule has 3 nitrogen and oxygen atoms in total. The van der Waals surface area contributed by atoms with Crippen LogP contribution in [0.5, 0.6) is 0 Å². The third-order valence-corrected chi connectivity index (χ3v) is 4.47. The van der Waals surface area contributed by atoms with Crippen LogP contribution in [0.3, 0.4) is 0 Å². The quantitative estimate of drug-likeness (QED) is 0.877. The van der Waals surface area contributed by atoms with E-state index in [0.29, 0.717) is 6.54 Å². The van der Waals surface area contributed by atoms with E-state index >= 15 is 0 Å². The van der Waals surface area contributed by atoms with E-state index in [0.717, 1.165) is 16.5 Å². The number of benzene rings is 1. The molecule has 2 aromatic rings. The van der Waals surface area contributed by atoms with Crippen LogP contribution in [0, 0.1) is 6.92 Å². The maximum Gasteiger partial charge on any atom is 0.416 e. The van der Waals surface area contributed by atoms with Crippen LogP contribution in [0.15, 0.2) is 35.7 Å². The molecule has 0 aliphatic carbocycles. The van der Waals surface area contributed by atoms with Crippen molar-refractivity contribution in [3.8, 4) is 0 Å². The third-order valence-electron chi connectivity index (χ3n) is 3.45. The van der Waals surface area contributed by atoms with Crippen molar-refractivity contribution in [1.82, 2.24) is 10.2 Å². The van der Waals surface area contributed by atoms with Gasteiger partial charge in [0.15, 0.2) is 0 Å². The number of rotatable bonds is 4. The molecule has 0 aliphatic rings. The molecule has 0 radical (unpaired) electrons. The zero-order valence-corrected chi connectivity index (χ0v) is 13.6. The zero-order chi connectivity index (χ0) is 17.0. The highest BCUT2D eigenvalue weighted by Gasteiger charge is 2.33. The third kappa shape index (κ3) is 4.48. The van der Waals surface area contributed by atoms with Gasteiger partial charge in [0.1, 0.15) is 0 Å². The molecule has 0 spiro atoms. The normalized spacial score (nSPS) is 11.3. The van der Waals surface area contributed by atoms with Gasteiger partial charge in [0.2, 0.25) is 0 Å². The summed E-state index contributed by atoms with van der Waals surface area (Å²) in [7, 11) is 1.48. The molecule has 0 saturated heterocycles. The van der Waals surface area contributed by atoms with Crippen molar-refractivity contribution in [2.45, 2.75) is 26.2 Å². The van der Waals surface area contributed by atoms with Crippen molar-refractivity contribution in [2.24, 2.45) is 0 Å². The minimum Gasteiger partial charge on any atom is -0.333 e. The van der Waals surface area contributed by atoms with Crippen molar-refractivity contribution in [1.29, 1.82) is 0 Å². The Morgan fingerprint density at radius 3 is 2.57 bits per heavy atom. The molecule has 1 N–H and O–H groups in total. The van der Waals surface area contributed by atoms with E-state index in [-0.39, 0.29) is 12.1 Å². The van der Waals surface area contributed by atoms with Gasteiger partial charge in [0.25, 0.3) is 0 Å². The number of halogens is 3. The molecule has 0 bridgehead atoms. The number of amides is 2. The number of thiophene rings is 1. The Hall–Kier alpha value is -2.02. The smallest absolute Gasteiger partial charge is 0.333 e. The number of hydrogen-bond acceptors (Lipinski definition) is 2. The highest BCUT2D eigenvalue weighted by atomic mass is 32.1. The van der Waals surface area contributed by atoms with Gasteiger partial charge >= 0.3 is 12.2 Å². The zero-order valence-electron chi connectivity index (χ0n) is 12.8. The molecule has 1 heterocycles. The van der Waals surface area contributed by atoms with Gasteiger partial charge in [-0.3, -0.25) is 0 Å². The molecule has 0 atom stereocenters. The minimum atomic E-state index is -4.43. The minimum absolute atomic E-state index is 0.0740. The number of urea groups is 1. The van der Waals surface area contributed by atoms with Crippen molar-refractivity contribution in [3.63, 3.8) is 0 Å². The van der Waals surface area contributed by atoms with Gasteiger partial charge in [0.05, 0.1) is 12.1 Å². The molecule has 0 fully saturated rings. The van der Waals surface area contributed by atoms with Gasteiger partial charge in [-0.2, -0.15) is 13.2 Å². The van der Waals surface area contributed by atoms with Gasteiger partial charge in [-0.25, -0.2) is 4.79 Å². The molecule has 0 aliphatic heterocycles. The highest BCUT2D eigenvalue weighted by Crippen LogP contribution is 2.32. The summed E-state index contributed by atoms with van der Waals surface area (Å²) in [4.78, 5) is 14.3. The number of carbonyl (C=O) groups is 1. The van der Waals surface area contributed by atoms with Crippen LogP contribution in [-0.2, 0) is 19.3 Å². The lowest BCUT2D eigenvalue weighted by Gasteiger charge is -2.20. The monoisotopic (exact) mass is 342 g/mol. The first kappa shape index (κ1) is 17.3. The van der Waals surface area contributed by atoms with Crippen LogP contribution in [0.25, 0.3) is 0 Å². The van der Waals surface area contributed by atoms with E-state index in [2.05, 4.69) is 5.32 Å². The molecule has 2 amide bonds. The summed E-state index contributed by atoms with van der Waals surface area (Å²) in [6, 6.07) is 6.83. The number of alkyl halides is 3. The molecule has 0 saturated carbocycles. The summed E-state index contributed by atoms with van der Waals surface area (Å²) in [5.41, 5.74) is 0.444. The van der Waals surface area contributed by atoms with Gasteiger partial charge in [-0.15, -0.1) is 11.3 Å². The average molecular weight is 342 g/mol. The molecule has 124 valence electrons. The second-order valence-corrected chi connectivity index (χ2v) is 6.20. The first-order valence-corrected chi connectivity index (χ1v) is 7.84. The summed E-state index contributed by atoms with van der Waals surface area (Å²) in [5, 5.41) is 4.65. The first-order chi connectivity index (χ1) is 10.8. The standard InChI is InChI=1S/C16H17F3N2OS/c1-11-7-8-23-14(11)9-20-15(22)21(2)10-12-5-3-4-6-13(12)16(17,18)19/h3-8H,9-10H2,1-2H3,(H,20,22). The van der Waals surface area contributed by atoms with Gasteiger partial charge in [0, 0.05) is 18.5 Å². The van der Waals surface area contributed by atoms with Gasteiger partial charge < -0.3 is 10.2 Å². The van der Waals surface area contributed by atoms with Crippen molar-refractivity contribution < 1.29 is 18.0 Å². The van der Waals surface area contributed by atoms with E-state index in [9.17, 15) is 18.0 Å². The summed E-state index contributed by atoms with van der Waals surface area (Å²) < 4.78 is 38.9. The fourth-order valence-corrected chi connectivity index (χ4v) is 2.98. The van der Waals surface area contributed by atoms with Crippen LogP contribution in [0.2, 0.25) is 0 Å². The van der Waals surface area contributed by atoms with Gasteiger partial charge in [-0.05, 0) is 35.6 Å². The lowest BCUT2D eigenvalue weighted by Crippen LogP contribution is -2.36. The predicted octanol–water partition coefficient (Wildman–Crippen LogP) is 4.42. The maximum absolute atomic E-state index is 13.0. The second-order valence-electron chi connectivity index (χ2n) is 5.20. The SMILES string of the molecule is Cc1ccsc1CNC(=O)N(C)Cc1ccccc1C(F)(F)F. The van der Waals surface area contributed by atoms with Crippen LogP contribution < -0.4 is 5.32 Å².